The van der Waals surface area contributed by atoms with E-state index >= 15 is 0 Å². The predicted octanol–water partition coefficient (Wildman–Crippen LogP) is 2.78. The number of carbonyl (C=O) groups excluding carboxylic acids is 2. The monoisotopic (exact) mass is 310 g/mol. The van der Waals surface area contributed by atoms with Crippen LogP contribution in [0.25, 0.3) is 0 Å². The maximum absolute atomic E-state index is 12.5. The third kappa shape index (κ3) is 2.59. The van der Waals surface area contributed by atoms with Crippen LogP contribution in [-0.4, -0.2) is 24.1 Å². The summed E-state index contributed by atoms with van der Waals surface area (Å²) in [5, 5.41) is 3.87. The number of benzene rings is 2. The lowest BCUT2D eigenvalue weighted by Gasteiger charge is -2.28. The number of urea groups is 2. The topological polar surface area (TPSA) is 64.7 Å². The van der Waals surface area contributed by atoms with Crippen molar-refractivity contribution < 1.29 is 9.59 Å². The number of hydrogen-bond acceptors (Lipinski definition) is 2. The van der Waals surface area contributed by atoms with Crippen molar-refractivity contribution >= 4 is 17.7 Å². The van der Waals surface area contributed by atoms with Crippen LogP contribution in [0.15, 0.2) is 54.6 Å². The Kier molecular flexibility index (Phi) is 3.89. The molecule has 1 unspecified atom stereocenters. The van der Waals surface area contributed by atoms with E-state index in [0.717, 1.165) is 16.8 Å². The summed E-state index contributed by atoms with van der Waals surface area (Å²) in [4.78, 5) is 26.3. The molecule has 0 bridgehead atoms. The predicted molar refractivity (Wildman–Crippen MR) is 87.7 cm³/mol. The molecule has 1 aliphatic rings. The van der Waals surface area contributed by atoms with Gasteiger partial charge in [0.05, 0.1) is 5.69 Å². The van der Waals surface area contributed by atoms with E-state index < -0.39 is 6.17 Å². The summed E-state index contributed by atoms with van der Waals surface area (Å²) in [6, 6.07) is 16.4. The average molecular weight is 310 g/mol. The molecule has 1 fully saturated rings. The molecule has 23 heavy (non-hydrogen) atoms. The van der Waals surface area contributed by atoms with E-state index in [9.17, 15) is 9.59 Å². The van der Waals surface area contributed by atoms with Crippen LogP contribution in [0, 0.1) is 6.92 Å². The Labute approximate surface area is 134 Å². The van der Waals surface area contributed by atoms with Gasteiger partial charge in [-0.1, -0.05) is 48.5 Å². The van der Waals surface area contributed by atoms with Gasteiger partial charge < -0.3 is 5.32 Å². The molecule has 0 aliphatic carbocycles. The summed E-state index contributed by atoms with van der Waals surface area (Å²) in [6.45, 7) is 1.94. The van der Waals surface area contributed by atoms with Crippen molar-refractivity contribution in [3.8, 4) is 0 Å². The largest absolute Gasteiger partial charge is 0.342 e. The summed E-state index contributed by atoms with van der Waals surface area (Å²) in [6.07, 6.45) is -0.551. The van der Waals surface area contributed by atoms with Crippen LogP contribution in [-0.2, 0) is 0 Å². The van der Waals surface area contributed by atoms with Crippen molar-refractivity contribution in [1.29, 1.82) is 0 Å². The summed E-state index contributed by atoms with van der Waals surface area (Å²) >= 11 is 0. The highest BCUT2D eigenvalue weighted by molar-refractivity contribution is 5.98. The molecule has 1 heterocycles. The van der Waals surface area contributed by atoms with E-state index in [1.54, 1.807) is 4.90 Å². The Morgan fingerprint density at radius 1 is 1.09 bits per heavy atom. The lowest BCUT2D eigenvalue weighted by Crippen LogP contribution is -2.45. The van der Waals surface area contributed by atoms with Gasteiger partial charge in [-0.15, -0.1) is 0 Å². The second kappa shape index (κ2) is 6.00. The first-order valence-electron chi connectivity index (χ1n) is 7.35. The molecule has 1 aliphatic heterocycles. The van der Waals surface area contributed by atoms with Crippen LogP contribution >= 0.6 is 0 Å². The standard InChI is InChI=1S/C17H18N4O2/c1-12-8-6-7-11-14(12)20-15(13-9-4-3-5-10-13)21(16(22)18-2)19-17(20)23/h3-11,15H,1-2H3,(H,18,22)(H,19,23). The Morgan fingerprint density at radius 3 is 2.39 bits per heavy atom. The molecule has 2 aromatic carbocycles. The van der Waals surface area contributed by atoms with Gasteiger partial charge in [-0.2, -0.15) is 0 Å². The van der Waals surface area contributed by atoms with Crippen LogP contribution < -0.4 is 15.6 Å². The van der Waals surface area contributed by atoms with Gasteiger partial charge in [0.2, 0.25) is 0 Å². The molecule has 1 saturated heterocycles. The van der Waals surface area contributed by atoms with E-state index in [1.807, 2.05) is 61.5 Å². The zero-order chi connectivity index (χ0) is 16.4. The van der Waals surface area contributed by atoms with Crippen molar-refractivity contribution in [2.45, 2.75) is 13.1 Å². The molecule has 3 rings (SSSR count). The molecular formula is C17H18N4O2. The third-order valence-corrected chi connectivity index (χ3v) is 3.83. The first-order valence-corrected chi connectivity index (χ1v) is 7.35. The van der Waals surface area contributed by atoms with Crippen LogP contribution in [0.5, 0.6) is 0 Å². The summed E-state index contributed by atoms with van der Waals surface area (Å²) < 4.78 is 0. The molecular weight excluding hydrogens is 292 g/mol. The van der Waals surface area contributed by atoms with Crippen LogP contribution in [0.1, 0.15) is 17.3 Å². The molecule has 0 saturated carbocycles. The lowest BCUT2D eigenvalue weighted by atomic mass is 10.1. The molecule has 1 atom stereocenters. The normalized spacial score (nSPS) is 17.1. The molecule has 6 nitrogen and oxygen atoms in total. The fourth-order valence-electron chi connectivity index (χ4n) is 2.73. The molecule has 2 aromatic rings. The number of rotatable bonds is 2. The van der Waals surface area contributed by atoms with Gasteiger partial charge in [-0.05, 0) is 24.1 Å². The highest BCUT2D eigenvalue weighted by Gasteiger charge is 2.42. The summed E-state index contributed by atoms with van der Waals surface area (Å²) in [5.41, 5.74) is 5.21. The maximum Gasteiger partial charge on any atom is 0.342 e. The van der Waals surface area contributed by atoms with Gasteiger partial charge in [0.1, 0.15) is 0 Å². The Hall–Kier alpha value is -3.02. The SMILES string of the molecule is CNC(=O)N1NC(=O)N(c2ccccc2C)C1c1ccccc1. The molecule has 0 aromatic heterocycles. The zero-order valence-electron chi connectivity index (χ0n) is 13.0. The second-order valence-corrected chi connectivity index (χ2v) is 5.28. The van der Waals surface area contributed by atoms with Crippen molar-refractivity contribution in [3.63, 3.8) is 0 Å². The van der Waals surface area contributed by atoms with Crippen molar-refractivity contribution in [3.05, 3.63) is 65.7 Å². The van der Waals surface area contributed by atoms with Crippen LogP contribution in [0.3, 0.4) is 0 Å². The van der Waals surface area contributed by atoms with Gasteiger partial charge in [-0.3, -0.25) is 4.90 Å². The number of anilines is 1. The molecule has 118 valence electrons. The van der Waals surface area contributed by atoms with E-state index in [0.29, 0.717) is 0 Å². The van der Waals surface area contributed by atoms with Gasteiger partial charge in [0, 0.05) is 7.05 Å². The first kappa shape index (κ1) is 14.9. The van der Waals surface area contributed by atoms with E-state index in [4.69, 9.17) is 0 Å². The summed E-state index contributed by atoms with van der Waals surface area (Å²) in [5.74, 6) is 0. The Morgan fingerprint density at radius 2 is 1.74 bits per heavy atom. The van der Waals surface area contributed by atoms with E-state index in [2.05, 4.69) is 10.7 Å². The van der Waals surface area contributed by atoms with Gasteiger partial charge in [0.15, 0.2) is 6.17 Å². The molecule has 0 radical (unpaired) electrons. The molecule has 2 N–H and O–H groups in total. The van der Waals surface area contributed by atoms with Gasteiger partial charge >= 0.3 is 12.1 Å². The maximum atomic E-state index is 12.5. The molecule has 0 spiro atoms. The highest BCUT2D eigenvalue weighted by atomic mass is 16.2. The number of carbonyl (C=O) groups is 2. The lowest BCUT2D eigenvalue weighted by molar-refractivity contribution is 0.171. The van der Waals surface area contributed by atoms with E-state index in [1.165, 1.54) is 12.1 Å². The molecule has 4 amide bonds. The number of para-hydroxylation sites is 1. The van der Waals surface area contributed by atoms with Crippen molar-refractivity contribution in [2.75, 3.05) is 11.9 Å². The van der Waals surface area contributed by atoms with E-state index in [-0.39, 0.29) is 12.1 Å². The quantitative estimate of drug-likeness (QED) is 0.896. The van der Waals surface area contributed by atoms with Gasteiger partial charge in [0.25, 0.3) is 0 Å². The number of aryl methyl sites for hydroxylation is 1. The second-order valence-electron chi connectivity index (χ2n) is 5.28. The van der Waals surface area contributed by atoms with Crippen molar-refractivity contribution in [2.24, 2.45) is 0 Å². The highest BCUT2D eigenvalue weighted by Crippen LogP contribution is 2.35. The third-order valence-electron chi connectivity index (χ3n) is 3.83. The minimum atomic E-state index is -0.551. The number of hydrogen-bond donors (Lipinski definition) is 2. The number of nitrogens with one attached hydrogen (secondary N) is 2. The number of nitrogens with zero attached hydrogens (tertiary/aromatic N) is 2. The zero-order valence-corrected chi connectivity index (χ0v) is 13.0. The summed E-state index contributed by atoms with van der Waals surface area (Å²) in [7, 11) is 1.53. The minimum Gasteiger partial charge on any atom is -0.340 e. The smallest absolute Gasteiger partial charge is 0.340 e. The Balaban J connectivity index is 2.11. The fourth-order valence-corrected chi connectivity index (χ4v) is 2.73. The number of amides is 4. The van der Waals surface area contributed by atoms with Crippen LogP contribution in [0.2, 0.25) is 0 Å². The average Bonchev–Trinajstić information content (AvgIpc) is 2.92. The van der Waals surface area contributed by atoms with Crippen molar-refractivity contribution in [1.82, 2.24) is 15.8 Å². The minimum absolute atomic E-state index is 0.336. The van der Waals surface area contributed by atoms with Crippen LogP contribution in [0.4, 0.5) is 15.3 Å². The Bertz CT molecular complexity index is 732. The first-order chi connectivity index (χ1) is 11.1. The molecule has 6 heteroatoms. The fraction of sp³-hybridized carbons (Fsp3) is 0.176. The van der Waals surface area contributed by atoms with Gasteiger partial charge in [-0.25, -0.2) is 20.0 Å². The number of hydrazine groups is 1.